The van der Waals surface area contributed by atoms with Crippen LogP contribution in [0.15, 0.2) is 97.2 Å². The molecule has 0 aliphatic rings. The normalized spacial score (nSPS) is 10.8. The predicted octanol–water partition coefficient (Wildman–Crippen LogP) is 6.40. The number of aryl methyl sites for hydroxylation is 1. The van der Waals surface area contributed by atoms with Crippen molar-refractivity contribution in [3.05, 3.63) is 131 Å². The van der Waals surface area contributed by atoms with E-state index < -0.39 is 0 Å². The van der Waals surface area contributed by atoms with Gasteiger partial charge >= 0.3 is 0 Å². The summed E-state index contributed by atoms with van der Waals surface area (Å²) in [4.78, 5) is 4.58. The van der Waals surface area contributed by atoms with Gasteiger partial charge in [-0.2, -0.15) is 0 Å². The third-order valence-corrected chi connectivity index (χ3v) is 5.36. The topological polar surface area (TPSA) is 40.6 Å². The molecule has 0 bridgehead atoms. The van der Waals surface area contributed by atoms with Crippen LogP contribution in [0.25, 0.3) is 0 Å². The minimum Gasteiger partial charge on any atom is -0.487 e. The van der Waals surface area contributed by atoms with Crippen LogP contribution in [-0.2, 0) is 42.5 Å². The lowest BCUT2D eigenvalue weighted by atomic mass is 10.1. The highest BCUT2D eigenvalue weighted by Gasteiger charge is 2.15. The summed E-state index contributed by atoms with van der Waals surface area (Å²) in [5.74, 6) is 0.771. The average molecular weight is 440 g/mol. The van der Waals surface area contributed by atoms with Crippen LogP contribution in [0.3, 0.4) is 0 Å². The van der Waals surface area contributed by atoms with Crippen LogP contribution in [-0.4, -0.2) is 4.98 Å². The molecular formula is C29H29NO3. The van der Waals surface area contributed by atoms with Crippen LogP contribution in [0.5, 0.6) is 5.75 Å². The van der Waals surface area contributed by atoms with E-state index in [1.54, 1.807) is 0 Å². The van der Waals surface area contributed by atoms with E-state index in [2.05, 4.69) is 41.4 Å². The molecule has 4 nitrogen and oxygen atoms in total. The number of benzene rings is 3. The van der Waals surface area contributed by atoms with Crippen LogP contribution in [0, 0.1) is 6.92 Å². The summed E-state index contributed by atoms with van der Waals surface area (Å²) in [5.41, 5.74) is 6.20. The van der Waals surface area contributed by atoms with Crippen LogP contribution in [0.1, 0.15) is 33.5 Å². The van der Waals surface area contributed by atoms with Crippen molar-refractivity contribution in [2.24, 2.45) is 0 Å². The second-order valence-corrected chi connectivity index (χ2v) is 7.91. The van der Waals surface area contributed by atoms with Crippen molar-refractivity contribution in [2.45, 2.75) is 40.0 Å². The van der Waals surface area contributed by atoms with E-state index in [4.69, 9.17) is 14.2 Å². The molecular weight excluding hydrogens is 410 g/mol. The molecule has 0 saturated heterocycles. The van der Waals surface area contributed by atoms with Gasteiger partial charge in [0.2, 0.25) is 0 Å². The maximum Gasteiger partial charge on any atom is 0.146 e. The molecule has 4 rings (SSSR count). The smallest absolute Gasteiger partial charge is 0.146 e. The quantitative estimate of drug-likeness (QED) is 0.271. The maximum absolute atomic E-state index is 6.26. The Morgan fingerprint density at radius 1 is 0.576 bits per heavy atom. The summed E-state index contributed by atoms with van der Waals surface area (Å²) in [6.07, 6.45) is 1.87. The summed E-state index contributed by atoms with van der Waals surface area (Å²) >= 11 is 0. The second kappa shape index (κ2) is 12.0. The van der Waals surface area contributed by atoms with Gasteiger partial charge in [0.25, 0.3) is 0 Å². The summed E-state index contributed by atoms with van der Waals surface area (Å²) in [5, 5.41) is 0. The molecule has 0 aliphatic heterocycles. The molecule has 0 spiro atoms. The fourth-order valence-corrected chi connectivity index (χ4v) is 3.58. The highest BCUT2D eigenvalue weighted by atomic mass is 16.5. The van der Waals surface area contributed by atoms with Crippen molar-refractivity contribution < 1.29 is 14.2 Å². The van der Waals surface area contributed by atoms with Crippen LogP contribution >= 0.6 is 0 Å². The Kier molecular flexibility index (Phi) is 8.23. The van der Waals surface area contributed by atoms with Gasteiger partial charge in [0, 0.05) is 17.3 Å². The van der Waals surface area contributed by atoms with Crippen molar-refractivity contribution >= 4 is 0 Å². The summed E-state index contributed by atoms with van der Waals surface area (Å²) in [6.45, 7) is 4.38. The molecule has 1 heterocycles. The number of aromatic nitrogens is 1. The molecule has 33 heavy (non-hydrogen) atoms. The fraction of sp³-hybridized carbons (Fsp3) is 0.207. The van der Waals surface area contributed by atoms with E-state index in [1.807, 2.05) is 67.7 Å². The zero-order valence-electron chi connectivity index (χ0n) is 18.9. The van der Waals surface area contributed by atoms with Gasteiger partial charge in [-0.1, -0.05) is 91.0 Å². The van der Waals surface area contributed by atoms with Gasteiger partial charge in [0.15, 0.2) is 0 Å². The molecule has 0 radical (unpaired) electrons. The Bertz CT molecular complexity index is 1120. The number of hydrogen-bond acceptors (Lipinski definition) is 4. The summed E-state index contributed by atoms with van der Waals surface area (Å²) < 4.78 is 18.4. The van der Waals surface area contributed by atoms with Gasteiger partial charge in [-0.05, 0) is 23.6 Å². The van der Waals surface area contributed by atoms with Crippen LogP contribution in [0.2, 0.25) is 0 Å². The molecule has 0 amide bonds. The number of nitrogens with zero attached hydrogens (tertiary/aromatic N) is 1. The molecule has 1 aromatic heterocycles. The van der Waals surface area contributed by atoms with Crippen molar-refractivity contribution in [3.8, 4) is 5.75 Å². The lowest BCUT2D eigenvalue weighted by molar-refractivity contribution is 0.0909. The predicted molar refractivity (Wildman–Crippen MR) is 130 cm³/mol. The zero-order chi connectivity index (χ0) is 22.7. The molecule has 0 atom stereocenters. The SMILES string of the molecule is Cc1ncc(COCc2ccccc2)c(COCc2ccccc2)c1OCc1ccccc1. The van der Waals surface area contributed by atoms with E-state index in [1.165, 1.54) is 0 Å². The molecule has 0 unspecified atom stereocenters. The fourth-order valence-electron chi connectivity index (χ4n) is 3.58. The lowest BCUT2D eigenvalue weighted by Gasteiger charge is -2.18. The molecule has 0 fully saturated rings. The molecule has 4 aromatic rings. The van der Waals surface area contributed by atoms with Crippen molar-refractivity contribution in [2.75, 3.05) is 0 Å². The molecule has 0 saturated carbocycles. The average Bonchev–Trinajstić information content (AvgIpc) is 2.87. The molecule has 4 heteroatoms. The minimum absolute atomic E-state index is 0.423. The first-order valence-electron chi connectivity index (χ1n) is 11.2. The molecule has 0 N–H and O–H groups in total. The number of ether oxygens (including phenoxy) is 3. The van der Waals surface area contributed by atoms with Crippen molar-refractivity contribution in [1.29, 1.82) is 0 Å². The van der Waals surface area contributed by atoms with Crippen LogP contribution < -0.4 is 4.74 Å². The first-order chi connectivity index (χ1) is 16.3. The highest BCUT2D eigenvalue weighted by Crippen LogP contribution is 2.28. The zero-order valence-corrected chi connectivity index (χ0v) is 18.9. The Morgan fingerprint density at radius 2 is 1.06 bits per heavy atom. The first kappa shape index (κ1) is 22.7. The monoisotopic (exact) mass is 439 g/mol. The van der Waals surface area contributed by atoms with Gasteiger partial charge in [0.05, 0.1) is 32.1 Å². The standard InChI is InChI=1S/C29H29NO3/c1-23-29(33-20-26-15-9-4-10-16-26)28(22-32-19-25-13-7-3-8-14-25)27(17-30-23)21-31-18-24-11-5-2-6-12-24/h2-17H,18-22H2,1H3. The Morgan fingerprint density at radius 3 is 1.61 bits per heavy atom. The number of pyridine rings is 1. The largest absolute Gasteiger partial charge is 0.487 e. The minimum atomic E-state index is 0.423. The lowest BCUT2D eigenvalue weighted by Crippen LogP contribution is -2.08. The summed E-state index contributed by atoms with van der Waals surface area (Å²) in [6, 6.07) is 30.5. The third kappa shape index (κ3) is 6.75. The number of hydrogen-bond donors (Lipinski definition) is 0. The van der Waals surface area contributed by atoms with Gasteiger partial charge < -0.3 is 14.2 Å². The first-order valence-corrected chi connectivity index (χ1v) is 11.2. The van der Waals surface area contributed by atoms with E-state index in [0.29, 0.717) is 33.0 Å². The van der Waals surface area contributed by atoms with E-state index in [0.717, 1.165) is 39.3 Å². The molecule has 0 aliphatic carbocycles. The Hall–Kier alpha value is -3.47. The van der Waals surface area contributed by atoms with Crippen molar-refractivity contribution in [1.82, 2.24) is 4.98 Å². The molecule has 168 valence electrons. The molecule has 3 aromatic carbocycles. The Balaban J connectivity index is 1.50. The van der Waals surface area contributed by atoms with E-state index in [9.17, 15) is 0 Å². The highest BCUT2D eigenvalue weighted by molar-refractivity contribution is 5.41. The van der Waals surface area contributed by atoms with Gasteiger partial charge in [-0.3, -0.25) is 4.98 Å². The van der Waals surface area contributed by atoms with E-state index in [-0.39, 0.29) is 0 Å². The van der Waals surface area contributed by atoms with Gasteiger partial charge in [-0.15, -0.1) is 0 Å². The van der Waals surface area contributed by atoms with Crippen LogP contribution in [0.4, 0.5) is 0 Å². The van der Waals surface area contributed by atoms with E-state index >= 15 is 0 Å². The van der Waals surface area contributed by atoms with Crippen molar-refractivity contribution in [3.63, 3.8) is 0 Å². The number of rotatable bonds is 11. The Labute approximate surface area is 195 Å². The summed E-state index contributed by atoms with van der Waals surface area (Å²) in [7, 11) is 0. The maximum atomic E-state index is 6.26. The second-order valence-electron chi connectivity index (χ2n) is 7.91. The van der Waals surface area contributed by atoms with Gasteiger partial charge in [0.1, 0.15) is 12.4 Å². The third-order valence-electron chi connectivity index (χ3n) is 5.36. The van der Waals surface area contributed by atoms with Gasteiger partial charge in [-0.25, -0.2) is 0 Å².